The summed E-state index contributed by atoms with van der Waals surface area (Å²) in [6.45, 7) is 3.55. The van der Waals surface area contributed by atoms with Crippen molar-refractivity contribution in [2.75, 3.05) is 0 Å². The molecule has 1 atom stereocenters. The molecule has 16 heavy (non-hydrogen) atoms. The van der Waals surface area contributed by atoms with Crippen LogP contribution < -0.4 is 0 Å². The number of halogens is 1. The van der Waals surface area contributed by atoms with Crippen LogP contribution in [0, 0.1) is 0 Å². The second-order valence-electron chi connectivity index (χ2n) is 4.60. The molecule has 2 heteroatoms. The first-order chi connectivity index (χ1) is 7.69. The van der Waals surface area contributed by atoms with Crippen LogP contribution in [0.4, 0.5) is 0 Å². The lowest BCUT2D eigenvalue weighted by Gasteiger charge is -2.24. The molecule has 0 aliphatic heterocycles. The molecule has 90 valence electrons. The maximum atomic E-state index is 12.0. The lowest BCUT2D eigenvalue weighted by atomic mass is 9.92. The Morgan fingerprint density at radius 2 is 2.19 bits per heavy atom. The van der Waals surface area contributed by atoms with Crippen molar-refractivity contribution >= 4 is 28.4 Å². The maximum absolute atomic E-state index is 12.0. The van der Waals surface area contributed by atoms with Crippen molar-refractivity contribution in [3.05, 3.63) is 18.4 Å². The zero-order valence-corrected chi connectivity index (χ0v) is 12.1. The highest BCUT2D eigenvalue weighted by Gasteiger charge is 2.34. The summed E-state index contributed by atoms with van der Waals surface area (Å²) in [4.78, 5) is 12.0. The maximum Gasteiger partial charge on any atom is 0.148 e. The Labute approximate surface area is 113 Å². The number of carbonyl (C=O) groups is 1. The first-order valence-electron chi connectivity index (χ1n) is 6.25. The smallest absolute Gasteiger partial charge is 0.148 e. The Bertz CT molecular complexity index is 278. The minimum absolute atomic E-state index is 0.0495. The van der Waals surface area contributed by atoms with Crippen LogP contribution in [0.2, 0.25) is 0 Å². The van der Waals surface area contributed by atoms with Crippen LogP contribution in [-0.4, -0.2) is 9.20 Å². The van der Waals surface area contributed by atoms with Crippen molar-refractivity contribution in [1.82, 2.24) is 0 Å². The fraction of sp³-hybridized carbons (Fsp3) is 0.714. The van der Waals surface area contributed by atoms with Crippen LogP contribution >= 0.6 is 22.6 Å². The Morgan fingerprint density at radius 3 is 2.94 bits per heavy atom. The van der Waals surface area contributed by atoms with Gasteiger partial charge in [-0.2, -0.15) is 0 Å². The first kappa shape index (κ1) is 14.0. The summed E-state index contributed by atoms with van der Waals surface area (Å²) in [5, 5.41) is 0. The van der Waals surface area contributed by atoms with Gasteiger partial charge < -0.3 is 0 Å². The normalized spacial score (nSPS) is 25.9. The third-order valence-corrected chi connectivity index (χ3v) is 4.97. The summed E-state index contributed by atoms with van der Waals surface area (Å²) in [5.41, 5.74) is 2.79. The number of hydrogen-bond acceptors (Lipinski definition) is 1. The SMILES string of the molecule is C=C=CCCCCC1(I)CCCCCC1=O. The average Bonchev–Trinajstić information content (AvgIpc) is 2.42. The predicted octanol–water partition coefficient (Wildman–Crippen LogP) is 4.59. The molecule has 1 unspecified atom stereocenters. The number of hydrogen-bond donors (Lipinski definition) is 0. The van der Waals surface area contributed by atoms with Gasteiger partial charge in [-0.05, 0) is 38.2 Å². The first-order valence-corrected chi connectivity index (χ1v) is 7.33. The van der Waals surface area contributed by atoms with Crippen molar-refractivity contribution in [1.29, 1.82) is 0 Å². The second-order valence-corrected chi connectivity index (χ2v) is 6.67. The van der Waals surface area contributed by atoms with Crippen LogP contribution in [0.15, 0.2) is 18.4 Å². The van der Waals surface area contributed by atoms with E-state index in [-0.39, 0.29) is 3.42 Å². The summed E-state index contributed by atoms with van der Waals surface area (Å²) >= 11 is 2.41. The Hall–Kier alpha value is -0.0800. The van der Waals surface area contributed by atoms with Gasteiger partial charge in [0.25, 0.3) is 0 Å². The fourth-order valence-corrected chi connectivity index (χ4v) is 3.28. The summed E-state index contributed by atoms with van der Waals surface area (Å²) in [6, 6.07) is 0. The monoisotopic (exact) mass is 332 g/mol. The molecule has 0 heterocycles. The fourth-order valence-electron chi connectivity index (χ4n) is 2.25. The highest BCUT2D eigenvalue weighted by molar-refractivity contribution is 14.1. The molecule has 0 aromatic heterocycles. The molecule has 1 nitrogen and oxygen atoms in total. The number of carbonyl (C=O) groups excluding carboxylic acids is 1. The van der Waals surface area contributed by atoms with Gasteiger partial charge in [0, 0.05) is 6.42 Å². The molecule has 1 rings (SSSR count). The van der Waals surface area contributed by atoms with Gasteiger partial charge in [-0.3, -0.25) is 4.79 Å². The number of rotatable bonds is 5. The molecule has 0 spiro atoms. The van der Waals surface area contributed by atoms with Crippen molar-refractivity contribution < 1.29 is 4.79 Å². The van der Waals surface area contributed by atoms with Gasteiger partial charge in [-0.25, -0.2) is 0 Å². The van der Waals surface area contributed by atoms with E-state index in [1.165, 1.54) is 12.8 Å². The number of ketones is 1. The van der Waals surface area contributed by atoms with E-state index in [4.69, 9.17) is 0 Å². The highest BCUT2D eigenvalue weighted by atomic mass is 127. The lowest BCUT2D eigenvalue weighted by Crippen LogP contribution is -2.30. The van der Waals surface area contributed by atoms with E-state index < -0.39 is 0 Å². The molecule has 0 bridgehead atoms. The minimum Gasteiger partial charge on any atom is -0.298 e. The lowest BCUT2D eigenvalue weighted by molar-refractivity contribution is -0.120. The Balaban J connectivity index is 2.36. The molecule has 0 amide bonds. The zero-order valence-electron chi connectivity index (χ0n) is 9.93. The van der Waals surface area contributed by atoms with E-state index in [1.807, 2.05) is 6.08 Å². The van der Waals surface area contributed by atoms with Crippen LogP contribution in [0.1, 0.15) is 57.8 Å². The molecule has 0 N–H and O–H groups in total. The standard InChI is InChI=1S/C14H21IO/c1-2-3-4-5-8-11-14(15)12-9-6-7-10-13(14)16/h3H,1,4-12H2. The third kappa shape index (κ3) is 4.42. The summed E-state index contributed by atoms with van der Waals surface area (Å²) in [5.74, 6) is 0.491. The molecule has 1 fully saturated rings. The summed E-state index contributed by atoms with van der Waals surface area (Å²) < 4.78 is -0.0495. The molecule has 0 aromatic rings. The number of Topliss-reactive ketones (excluding diaryl/α,β-unsaturated/α-hetero) is 1. The van der Waals surface area contributed by atoms with Gasteiger partial charge in [0.2, 0.25) is 0 Å². The molecular weight excluding hydrogens is 311 g/mol. The largest absolute Gasteiger partial charge is 0.298 e. The molecule has 0 aromatic carbocycles. The molecule has 0 saturated heterocycles. The van der Waals surface area contributed by atoms with Crippen LogP contribution in [0.5, 0.6) is 0 Å². The van der Waals surface area contributed by atoms with E-state index in [0.717, 1.165) is 44.9 Å². The third-order valence-electron chi connectivity index (χ3n) is 3.29. The van der Waals surface area contributed by atoms with Crippen LogP contribution in [-0.2, 0) is 4.79 Å². The minimum atomic E-state index is -0.0495. The van der Waals surface area contributed by atoms with E-state index in [0.29, 0.717) is 5.78 Å². The molecule has 1 aliphatic carbocycles. The van der Waals surface area contributed by atoms with E-state index in [1.54, 1.807) is 0 Å². The molecule has 1 saturated carbocycles. The van der Waals surface area contributed by atoms with E-state index >= 15 is 0 Å². The number of unbranched alkanes of at least 4 members (excludes halogenated alkanes) is 2. The van der Waals surface area contributed by atoms with Crippen LogP contribution in [0.3, 0.4) is 0 Å². The summed E-state index contributed by atoms with van der Waals surface area (Å²) in [7, 11) is 0. The topological polar surface area (TPSA) is 17.1 Å². The van der Waals surface area contributed by atoms with Gasteiger partial charge in [-0.1, -0.05) is 48.4 Å². The van der Waals surface area contributed by atoms with E-state index in [2.05, 4.69) is 34.9 Å². The van der Waals surface area contributed by atoms with Crippen molar-refractivity contribution in [2.45, 2.75) is 61.2 Å². The molecule has 1 aliphatic rings. The Morgan fingerprint density at radius 1 is 1.38 bits per heavy atom. The van der Waals surface area contributed by atoms with Crippen LogP contribution in [0.25, 0.3) is 0 Å². The zero-order chi connectivity index (χ0) is 11.9. The second kappa shape index (κ2) is 7.29. The van der Waals surface area contributed by atoms with E-state index in [9.17, 15) is 4.79 Å². The van der Waals surface area contributed by atoms with Gasteiger partial charge in [0.05, 0.1) is 3.42 Å². The predicted molar refractivity (Wildman–Crippen MR) is 77.0 cm³/mol. The van der Waals surface area contributed by atoms with Gasteiger partial charge in [-0.15, -0.1) is 5.73 Å². The van der Waals surface area contributed by atoms with Crippen molar-refractivity contribution in [3.63, 3.8) is 0 Å². The average molecular weight is 332 g/mol. The Kier molecular flexibility index (Phi) is 6.37. The molecular formula is C14H21IO. The number of alkyl halides is 1. The quantitative estimate of drug-likeness (QED) is 0.236. The van der Waals surface area contributed by atoms with Gasteiger partial charge in [0.1, 0.15) is 5.78 Å². The summed E-state index contributed by atoms with van der Waals surface area (Å²) in [6.07, 6.45) is 11.8. The highest BCUT2D eigenvalue weighted by Crippen LogP contribution is 2.36. The van der Waals surface area contributed by atoms with Crippen molar-refractivity contribution in [3.8, 4) is 0 Å². The van der Waals surface area contributed by atoms with Gasteiger partial charge >= 0.3 is 0 Å². The van der Waals surface area contributed by atoms with Gasteiger partial charge in [0.15, 0.2) is 0 Å². The van der Waals surface area contributed by atoms with Crippen molar-refractivity contribution in [2.24, 2.45) is 0 Å². The number of allylic oxidation sites excluding steroid dienone is 1. The molecule has 0 radical (unpaired) electrons.